The molecule has 1 aliphatic heterocycles. The summed E-state index contributed by atoms with van der Waals surface area (Å²) in [5.74, 6) is 0.0433. The molecular formula is C20H16BrN3O. The maximum Gasteiger partial charge on any atom is 0.247 e. The van der Waals surface area contributed by atoms with Crippen LogP contribution >= 0.6 is 15.9 Å². The quantitative estimate of drug-likeness (QED) is 0.653. The molecule has 3 aromatic rings. The average molecular weight is 394 g/mol. The van der Waals surface area contributed by atoms with Gasteiger partial charge in [0.1, 0.15) is 12.6 Å². The number of para-hydroxylation sites is 1. The molecule has 0 fully saturated rings. The van der Waals surface area contributed by atoms with Crippen LogP contribution in [-0.4, -0.2) is 16.5 Å². The van der Waals surface area contributed by atoms with Crippen molar-refractivity contribution in [2.24, 2.45) is 0 Å². The molecule has 0 N–H and O–H groups in total. The van der Waals surface area contributed by atoms with E-state index >= 15 is 0 Å². The van der Waals surface area contributed by atoms with Gasteiger partial charge < -0.3 is 9.47 Å². The molecule has 4 nitrogen and oxygen atoms in total. The van der Waals surface area contributed by atoms with E-state index in [1.807, 2.05) is 45.9 Å². The normalized spacial score (nSPS) is 16.0. The van der Waals surface area contributed by atoms with Crippen LogP contribution in [0.1, 0.15) is 18.1 Å². The van der Waals surface area contributed by atoms with E-state index < -0.39 is 0 Å². The molecule has 5 heteroatoms. The molecule has 1 aliphatic rings. The van der Waals surface area contributed by atoms with Gasteiger partial charge in [-0.1, -0.05) is 34.1 Å². The summed E-state index contributed by atoms with van der Waals surface area (Å²) in [5.41, 5.74) is 3.69. The van der Waals surface area contributed by atoms with E-state index in [0.29, 0.717) is 5.56 Å². The highest BCUT2D eigenvalue weighted by Gasteiger charge is 2.30. The van der Waals surface area contributed by atoms with Crippen LogP contribution in [0, 0.1) is 11.3 Å². The van der Waals surface area contributed by atoms with Crippen LogP contribution < -0.4 is 4.90 Å². The minimum atomic E-state index is 0.0433. The fourth-order valence-corrected chi connectivity index (χ4v) is 4.02. The van der Waals surface area contributed by atoms with Crippen molar-refractivity contribution in [3.8, 4) is 6.07 Å². The maximum atomic E-state index is 13.0. The number of nitrogens with zero attached hydrogens (tertiary/aromatic N) is 3. The molecule has 0 saturated heterocycles. The predicted octanol–water partition coefficient (Wildman–Crippen LogP) is 4.25. The minimum Gasteiger partial charge on any atom is -0.337 e. The highest BCUT2D eigenvalue weighted by atomic mass is 79.9. The number of anilines is 1. The van der Waals surface area contributed by atoms with E-state index in [2.05, 4.69) is 35.0 Å². The van der Waals surface area contributed by atoms with Gasteiger partial charge in [0.15, 0.2) is 0 Å². The zero-order valence-corrected chi connectivity index (χ0v) is 15.3. The summed E-state index contributed by atoms with van der Waals surface area (Å²) in [4.78, 5) is 14.9. The summed E-state index contributed by atoms with van der Waals surface area (Å²) in [6.45, 7) is 2.29. The number of nitriles is 1. The third kappa shape index (κ3) is 2.63. The monoisotopic (exact) mass is 393 g/mol. The Morgan fingerprint density at radius 2 is 2.12 bits per heavy atom. The molecule has 1 atom stereocenters. The molecular weight excluding hydrogens is 378 g/mol. The van der Waals surface area contributed by atoms with Gasteiger partial charge in [0.25, 0.3) is 0 Å². The number of carbonyl (C=O) groups excluding carboxylic acids is 1. The Hall–Kier alpha value is -2.58. The molecule has 0 radical (unpaired) electrons. The van der Waals surface area contributed by atoms with Gasteiger partial charge in [-0.25, -0.2) is 0 Å². The predicted molar refractivity (Wildman–Crippen MR) is 101 cm³/mol. The number of fused-ring (bicyclic) bond motifs is 2. The molecule has 1 aromatic heterocycles. The average Bonchev–Trinajstić information content (AvgIpc) is 3.11. The lowest BCUT2D eigenvalue weighted by Gasteiger charge is -2.23. The molecule has 124 valence electrons. The van der Waals surface area contributed by atoms with Crippen LogP contribution in [0.25, 0.3) is 10.9 Å². The number of carbonyl (C=O) groups is 1. The fourth-order valence-electron chi connectivity index (χ4n) is 3.66. The molecule has 2 heterocycles. The summed E-state index contributed by atoms with van der Waals surface area (Å²) in [5, 5.41) is 10.2. The SMILES string of the molecule is C[C@H]1Cc2ccccc2N1C(=O)Cn1cc(C#N)c2cc(Br)ccc21. The number of benzene rings is 2. The lowest BCUT2D eigenvalue weighted by molar-refractivity contribution is -0.119. The zero-order valence-electron chi connectivity index (χ0n) is 13.7. The fraction of sp³-hybridized carbons (Fsp3) is 0.200. The number of aromatic nitrogens is 1. The van der Waals surface area contributed by atoms with Crippen molar-refractivity contribution in [1.82, 2.24) is 4.57 Å². The molecule has 2 aromatic carbocycles. The van der Waals surface area contributed by atoms with Gasteiger partial charge in [-0.05, 0) is 43.2 Å². The van der Waals surface area contributed by atoms with E-state index in [4.69, 9.17) is 0 Å². The van der Waals surface area contributed by atoms with Crippen LogP contribution in [0.2, 0.25) is 0 Å². The van der Waals surface area contributed by atoms with Crippen LogP contribution in [0.5, 0.6) is 0 Å². The molecule has 1 amide bonds. The number of halogens is 1. The van der Waals surface area contributed by atoms with Crippen molar-refractivity contribution in [3.63, 3.8) is 0 Å². The first kappa shape index (κ1) is 15.9. The Kier molecular flexibility index (Phi) is 3.85. The standard InChI is InChI=1S/C20H16BrN3O/c1-13-8-14-4-2-3-5-18(14)24(13)20(25)12-23-11-15(10-22)17-9-16(21)6-7-19(17)23/h2-7,9,11,13H,8,12H2,1H3/t13-/m0/s1. The molecule has 25 heavy (non-hydrogen) atoms. The summed E-state index contributed by atoms with van der Waals surface area (Å²) in [7, 11) is 0. The van der Waals surface area contributed by atoms with Crippen LogP contribution in [0.15, 0.2) is 53.1 Å². The summed E-state index contributed by atoms with van der Waals surface area (Å²) in [6.07, 6.45) is 2.65. The lowest BCUT2D eigenvalue weighted by Crippen LogP contribution is -2.37. The Bertz CT molecular complexity index is 1030. The Balaban J connectivity index is 1.71. The summed E-state index contributed by atoms with van der Waals surface area (Å²) >= 11 is 3.44. The Labute approximate surface area is 154 Å². The zero-order chi connectivity index (χ0) is 17.6. The van der Waals surface area contributed by atoms with E-state index in [1.54, 1.807) is 6.20 Å². The van der Waals surface area contributed by atoms with E-state index in [-0.39, 0.29) is 18.5 Å². The number of hydrogen-bond acceptors (Lipinski definition) is 2. The van der Waals surface area contributed by atoms with Crippen molar-refractivity contribution in [2.75, 3.05) is 4.90 Å². The van der Waals surface area contributed by atoms with E-state index in [0.717, 1.165) is 27.5 Å². The summed E-state index contributed by atoms with van der Waals surface area (Å²) < 4.78 is 2.79. The first-order chi connectivity index (χ1) is 12.1. The minimum absolute atomic E-state index is 0.0433. The largest absolute Gasteiger partial charge is 0.337 e. The van der Waals surface area contributed by atoms with E-state index in [1.165, 1.54) is 5.56 Å². The van der Waals surface area contributed by atoms with Gasteiger partial charge in [-0.3, -0.25) is 4.79 Å². The Morgan fingerprint density at radius 1 is 1.32 bits per heavy atom. The second kappa shape index (κ2) is 6.05. The third-order valence-electron chi connectivity index (χ3n) is 4.75. The van der Waals surface area contributed by atoms with Crippen LogP contribution in [-0.2, 0) is 17.8 Å². The van der Waals surface area contributed by atoms with Crippen LogP contribution in [0.4, 0.5) is 5.69 Å². The molecule has 0 spiro atoms. The van der Waals surface area contributed by atoms with Crippen LogP contribution in [0.3, 0.4) is 0 Å². The smallest absolute Gasteiger partial charge is 0.247 e. The van der Waals surface area contributed by atoms with Gasteiger partial charge in [0.05, 0.1) is 5.56 Å². The van der Waals surface area contributed by atoms with Crippen molar-refractivity contribution >= 4 is 38.4 Å². The van der Waals surface area contributed by atoms with Gasteiger partial charge in [0, 0.05) is 33.3 Å². The van der Waals surface area contributed by atoms with E-state index in [9.17, 15) is 10.1 Å². The van der Waals surface area contributed by atoms with Gasteiger partial charge in [-0.15, -0.1) is 0 Å². The van der Waals surface area contributed by atoms with Gasteiger partial charge >= 0.3 is 0 Å². The molecule has 0 bridgehead atoms. The van der Waals surface area contributed by atoms with Crippen molar-refractivity contribution in [3.05, 3.63) is 64.3 Å². The van der Waals surface area contributed by atoms with Crippen molar-refractivity contribution in [1.29, 1.82) is 5.26 Å². The first-order valence-electron chi connectivity index (χ1n) is 8.17. The summed E-state index contributed by atoms with van der Waals surface area (Å²) in [6, 6.07) is 16.2. The first-order valence-corrected chi connectivity index (χ1v) is 8.96. The lowest BCUT2D eigenvalue weighted by atomic mass is 10.1. The molecule has 0 aliphatic carbocycles. The van der Waals surface area contributed by atoms with Crippen molar-refractivity contribution in [2.45, 2.75) is 25.9 Å². The second-order valence-electron chi connectivity index (χ2n) is 6.39. The third-order valence-corrected chi connectivity index (χ3v) is 5.24. The highest BCUT2D eigenvalue weighted by Crippen LogP contribution is 2.32. The maximum absolute atomic E-state index is 13.0. The van der Waals surface area contributed by atoms with Gasteiger partial charge in [0.2, 0.25) is 5.91 Å². The molecule has 0 saturated carbocycles. The Morgan fingerprint density at radius 3 is 2.92 bits per heavy atom. The number of amides is 1. The molecule has 0 unspecified atom stereocenters. The second-order valence-corrected chi connectivity index (χ2v) is 7.31. The highest BCUT2D eigenvalue weighted by molar-refractivity contribution is 9.10. The number of hydrogen-bond donors (Lipinski definition) is 0. The number of rotatable bonds is 2. The van der Waals surface area contributed by atoms with Gasteiger partial charge in [-0.2, -0.15) is 5.26 Å². The topological polar surface area (TPSA) is 49.0 Å². The van der Waals surface area contributed by atoms with Crippen molar-refractivity contribution < 1.29 is 4.79 Å². The molecule has 4 rings (SSSR count).